The van der Waals surface area contributed by atoms with Crippen LogP contribution in [-0.2, 0) is 6.42 Å². The third kappa shape index (κ3) is 2.76. The third-order valence-corrected chi connectivity index (χ3v) is 4.38. The van der Waals surface area contributed by atoms with Crippen LogP contribution in [0.25, 0.3) is 27.8 Å². The number of phenolic OH excluding ortho intramolecular Hbond substituents is 1. The van der Waals surface area contributed by atoms with Crippen molar-refractivity contribution in [2.24, 2.45) is 0 Å². The lowest BCUT2D eigenvalue weighted by atomic mass is 10.1. The van der Waals surface area contributed by atoms with Gasteiger partial charge in [-0.2, -0.15) is 0 Å². The molecular weight excluding hydrogens is 328 g/mol. The maximum atomic E-state index is 9.83. The fourth-order valence-corrected chi connectivity index (χ4v) is 3.13. The summed E-state index contributed by atoms with van der Waals surface area (Å²) >= 11 is 0. The van der Waals surface area contributed by atoms with Crippen LogP contribution in [0.5, 0.6) is 5.75 Å². The molecule has 26 heavy (non-hydrogen) atoms. The molecule has 0 atom stereocenters. The van der Waals surface area contributed by atoms with Crippen molar-refractivity contribution in [3.05, 3.63) is 66.6 Å². The third-order valence-electron chi connectivity index (χ3n) is 4.38. The zero-order valence-electron chi connectivity index (χ0n) is 14.0. The van der Waals surface area contributed by atoms with Gasteiger partial charge in [0.05, 0.1) is 5.39 Å². The molecule has 4 aromatic rings. The fourth-order valence-electron chi connectivity index (χ4n) is 3.13. The van der Waals surface area contributed by atoms with Gasteiger partial charge in [0, 0.05) is 24.1 Å². The highest BCUT2D eigenvalue weighted by atomic mass is 16.3. The Labute approximate surface area is 150 Å². The minimum absolute atomic E-state index is 0.122. The first kappa shape index (κ1) is 16.1. The molecule has 0 amide bonds. The van der Waals surface area contributed by atoms with Crippen molar-refractivity contribution in [1.82, 2.24) is 14.5 Å². The summed E-state index contributed by atoms with van der Waals surface area (Å²) in [5, 5.41) is 19.7. The van der Waals surface area contributed by atoms with Gasteiger partial charge in [-0.3, -0.25) is 0 Å². The molecule has 0 unspecified atom stereocenters. The Balaban J connectivity index is 1.92. The molecular formula is C20H18N4O2. The monoisotopic (exact) mass is 346 g/mol. The number of nitrogens with zero attached hydrogens (tertiary/aromatic N) is 3. The quantitative estimate of drug-likeness (QED) is 0.528. The first-order valence-corrected chi connectivity index (χ1v) is 8.28. The molecule has 0 saturated carbocycles. The van der Waals surface area contributed by atoms with Crippen molar-refractivity contribution < 1.29 is 10.2 Å². The second-order valence-electron chi connectivity index (χ2n) is 6.06. The van der Waals surface area contributed by atoms with Crippen LogP contribution < -0.4 is 5.73 Å². The van der Waals surface area contributed by atoms with Crippen molar-refractivity contribution >= 4 is 16.9 Å². The number of nitrogen functional groups attached to an aromatic ring is 1. The zero-order chi connectivity index (χ0) is 18.1. The number of nitrogens with two attached hydrogens (primary N) is 1. The van der Waals surface area contributed by atoms with E-state index in [-0.39, 0.29) is 12.4 Å². The van der Waals surface area contributed by atoms with Crippen molar-refractivity contribution in [1.29, 1.82) is 0 Å². The minimum Gasteiger partial charge on any atom is -0.508 e. The molecule has 0 aliphatic heterocycles. The van der Waals surface area contributed by atoms with Gasteiger partial charge in [-0.25, -0.2) is 9.97 Å². The standard InChI is InChI=1S/C20H18N4O2/c21-19-18-17(14-2-1-3-16(26)10-14)11-24(20(18)23-12-22-19)15-6-4-13(5-7-15)8-9-25/h1-7,10-12,25-26H,8-9H2,(H2,21,22,23). The molecule has 2 heterocycles. The number of rotatable bonds is 4. The number of aliphatic hydroxyl groups is 1. The Kier molecular flexibility index (Phi) is 4.02. The second-order valence-corrected chi connectivity index (χ2v) is 6.06. The van der Waals surface area contributed by atoms with E-state index in [1.54, 1.807) is 18.2 Å². The van der Waals surface area contributed by atoms with E-state index >= 15 is 0 Å². The molecule has 0 aliphatic rings. The van der Waals surface area contributed by atoms with Crippen LogP contribution in [0.2, 0.25) is 0 Å². The maximum absolute atomic E-state index is 9.83. The molecule has 0 bridgehead atoms. The van der Waals surface area contributed by atoms with Gasteiger partial charge >= 0.3 is 0 Å². The van der Waals surface area contributed by atoms with Crippen molar-refractivity contribution in [3.8, 4) is 22.6 Å². The molecule has 0 radical (unpaired) electrons. The van der Waals surface area contributed by atoms with E-state index in [4.69, 9.17) is 10.8 Å². The summed E-state index contributed by atoms with van der Waals surface area (Å²) in [6, 6.07) is 14.9. The van der Waals surface area contributed by atoms with Crippen LogP contribution in [-0.4, -0.2) is 31.4 Å². The van der Waals surface area contributed by atoms with Gasteiger partial charge in [0.1, 0.15) is 17.9 Å². The van der Waals surface area contributed by atoms with E-state index in [2.05, 4.69) is 9.97 Å². The average Bonchev–Trinajstić information content (AvgIpc) is 3.04. The number of fused-ring (bicyclic) bond motifs is 1. The van der Waals surface area contributed by atoms with Crippen molar-refractivity contribution in [3.63, 3.8) is 0 Å². The van der Waals surface area contributed by atoms with Gasteiger partial charge in [-0.15, -0.1) is 0 Å². The van der Waals surface area contributed by atoms with Crippen LogP contribution in [0.1, 0.15) is 5.56 Å². The van der Waals surface area contributed by atoms with Crippen LogP contribution in [0.15, 0.2) is 61.1 Å². The van der Waals surface area contributed by atoms with Gasteiger partial charge in [0.25, 0.3) is 0 Å². The van der Waals surface area contributed by atoms with Crippen molar-refractivity contribution in [2.75, 3.05) is 12.3 Å². The number of benzene rings is 2. The minimum atomic E-state index is 0.122. The van der Waals surface area contributed by atoms with E-state index in [0.29, 0.717) is 17.9 Å². The second kappa shape index (κ2) is 6.50. The van der Waals surface area contributed by atoms with Gasteiger partial charge in [-0.05, 0) is 41.8 Å². The van der Waals surface area contributed by atoms with Gasteiger partial charge in [0.2, 0.25) is 0 Å². The lowest BCUT2D eigenvalue weighted by Crippen LogP contribution is -1.97. The lowest BCUT2D eigenvalue weighted by molar-refractivity contribution is 0.299. The molecule has 2 aromatic carbocycles. The predicted molar refractivity (Wildman–Crippen MR) is 101 cm³/mol. The summed E-state index contributed by atoms with van der Waals surface area (Å²) in [5.74, 6) is 0.580. The number of hydrogen-bond acceptors (Lipinski definition) is 5. The summed E-state index contributed by atoms with van der Waals surface area (Å²) < 4.78 is 1.95. The van der Waals surface area contributed by atoms with Gasteiger partial charge in [0.15, 0.2) is 5.65 Å². The zero-order valence-corrected chi connectivity index (χ0v) is 14.0. The molecule has 2 aromatic heterocycles. The first-order chi connectivity index (χ1) is 12.7. The Bertz CT molecular complexity index is 1070. The lowest BCUT2D eigenvalue weighted by Gasteiger charge is -2.06. The highest BCUT2D eigenvalue weighted by Crippen LogP contribution is 2.35. The average molecular weight is 346 g/mol. The number of anilines is 1. The van der Waals surface area contributed by atoms with Gasteiger partial charge < -0.3 is 20.5 Å². The maximum Gasteiger partial charge on any atom is 0.150 e. The van der Waals surface area contributed by atoms with E-state index < -0.39 is 0 Å². The first-order valence-electron chi connectivity index (χ1n) is 8.28. The summed E-state index contributed by atoms with van der Waals surface area (Å²) in [7, 11) is 0. The number of aliphatic hydroxyl groups excluding tert-OH is 1. The number of aromatic hydroxyl groups is 1. The fraction of sp³-hybridized carbons (Fsp3) is 0.100. The van der Waals surface area contributed by atoms with Gasteiger partial charge in [-0.1, -0.05) is 24.3 Å². The predicted octanol–water partition coefficient (Wildman–Crippen LogP) is 2.91. The molecule has 6 nitrogen and oxygen atoms in total. The van der Waals surface area contributed by atoms with Crippen LogP contribution >= 0.6 is 0 Å². The Morgan fingerprint density at radius 3 is 2.58 bits per heavy atom. The normalized spacial score (nSPS) is 11.1. The Morgan fingerprint density at radius 1 is 1.04 bits per heavy atom. The highest BCUT2D eigenvalue weighted by Gasteiger charge is 2.16. The Morgan fingerprint density at radius 2 is 1.85 bits per heavy atom. The Hall–Kier alpha value is -3.38. The number of phenols is 1. The summed E-state index contributed by atoms with van der Waals surface area (Å²) in [4.78, 5) is 8.54. The molecule has 130 valence electrons. The smallest absolute Gasteiger partial charge is 0.150 e. The largest absolute Gasteiger partial charge is 0.508 e. The van der Waals surface area contributed by atoms with E-state index in [1.165, 1.54) is 6.33 Å². The summed E-state index contributed by atoms with van der Waals surface area (Å²) in [5.41, 5.74) is 10.5. The molecule has 4 rings (SSSR count). The van der Waals surface area contributed by atoms with Crippen LogP contribution in [0.3, 0.4) is 0 Å². The molecule has 6 heteroatoms. The van der Waals surface area contributed by atoms with Crippen LogP contribution in [0, 0.1) is 0 Å². The molecule has 0 spiro atoms. The molecule has 0 saturated heterocycles. The molecule has 0 fully saturated rings. The summed E-state index contributed by atoms with van der Waals surface area (Å²) in [6.07, 6.45) is 4.02. The van der Waals surface area contributed by atoms with E-state index in [0.717, 1.165) is 27.8 Å². The van der Waals surface area contributed by atoms with E-state index in [9.17, 15) is 5.11 Å². The molecule has 0 aliphatic carbocycles. The topological polar surface area (TPSA) is 97.2 Å². The van der Waals surface area contributed by atoms with E-state index in [1.807, 2.05) is 41.1 Å². The van der Waals surface area contributed by atoms with Crippen molar-refractivity contribution in [2.45, 2.75) is 6.42 Å². The summed E-state index contributed by atoms with van der Waals surface area (Å²) in [6.45, 7) is 0.122. The van der Waals surface area contributed by atoms with Crippen LogP contribution in [0.4, 0.5) is 5.82 Å². The number of hydrogen-bond donors (Lipinski definition) is 3. The highest BCUT2D eigenvalue weighted by molar-refractivity contribution is 6.01. The molecule has 4 N–H and O–H groups in total. The SMILES string of the molecule is Nc1ncnc2c1c(-c1cccc(O)c1)cn2-c1ccc(CCO)cc1. The number of aromatic nitrogens is 3.